The molecule has 0 bridgehead atoms. The molecule has 3 N–H and O–H groups in total. The quantitative estimate of drug-likeness (QED) is 0.747. The number of amides is 2. The highest BCUT2D eigenvalue weighted by atomic mass is 16.3. The number of carbonyl (C=O) groups excluding carboxylic acids is 2. The predicted molar refractivity (Wildman–Crippen MR) is 103 cm³/mol. The Hall–Kier alpha value is -2.70. The molecule has 0 spiro atoms. The number of aliphatic hydroxyl groups is 1. The Morgan fingerprint density at radius 3 is 2.85 bits per heavy atom. The Kier molecular flexibility index (Phi) is 4.92. The van der Waals surface area contributed by atoms with Crippen LogP contribution in [0.3, 0.4) is 0 Å². The Morgan fingerprint density at radius 1 is 1.19 bits per heavy atom. The SMILES string of the molecule is O=C1Cc2ccc(C(=O)NC[C@H](O)CN3CCc4ccccc4C3)cc2N1. The molecule has 2 aromatic rings. The second kappa shape index (κ2) is 7.50. The lowest BCUT2D eigenvalue weighted by atomic mass is 10.00. The molecule has 0 saturated carbocycles. The Bertz CT molecular complexity index is 881. The van der Waals surface area contributed by atoms with Gasteiger partial charge in [-0.2, -0.15) is 0 Å². The van der Waals surface area contributed by atoms with Crippen molar-refractivity contribution in [2.24, 2.45) is 0 Å². The number of anilines is 1. The summed E-state index contributed by atoms with van der Waals surface area (Å²) < 4.78 is 0. The summed E-state index contributed by atoms with van der Waals surface area (Å²) in [6, 6.07) is 13.6. The Labute approximate surface area is 158 Å². The molecule has 2 aliphatic heterocycles. The number of fused-ring (bicyclic) bond motifs is 2. The molecular weight excluding hydrogens is 342 g/mol. The van der Waals surface area contributed by atoms with Gasteiger partial charge < -0.3 is 15.7 Å². The zero-order valence-electron chi connectivity index (χ0n) is 15.1. The van der Waals surface area contributed by atoms with Crippen molar-refractivity contribution < 1.29 is 14.7 Å². The molecule has 0 unspecified atom stereocenters. The van der Waals surface area contributed by atoms with Crippen LogP contribution in [0.25, 0.3) is 0 Å². The van der Waals surface area contributed by atoms with E-state index >= 15 is 0 Å². The second-order valence-corrected chi connectivity index (χ2v) is 7.21. The van der Waals surface area contributed by atoms with Gasteiger partial charge in [0.1, 0.15) is 0 Å². The predicted octanol–water partition coefficient (Wildman–Crippen LogP) is 1.33. The van der Waals surface area contributed by atoms with Gasteiger partial charge in [0.25, 0.3) is 5.91 Å². The van der Waals surface area contributed by atoms with E-state index in [1.165, 1.54) is 11.1 Å². The standard InChI is InChI=1S/C21H23N3O3/c25-18(13-24-8-7-14-3-1-2-4-17(14)12-24)11-22-21(27)16-6-5-15-10-20(26)23-19(15)9-16/h1-6,9,18,25H,7-8,10-13H2,(H,22,27)(H,23,26)/t18-/m0/s1. The van der Waals surface area contributed by atoms with Crippen molar-refractivity contribution >= 4 is 17.5 Å². The lowest BCUT2D eigenvalue weighted by molar-refractivity contribution is -0.115. The highest BCUT2D eigenvalue weighted by molar-refractivity contribution is 6.02. The number of carbonyl (C=O) groups is 2. The fraction of sp³-hybridized carbons (Fsp3) is 0.333. The van der Waals surface area contributed by atoms with Gasteiger partial charge >= 0.3 is 0 Å². The zero-order chi connectivity index (χ0) is 18.8. The van der Waals surface area contributed by atoms with Crippen LogP contribution >= 0.6 is 0 Å². The van der Waals surface area contributed by atoms with E-state index in [-0.39, 0.29) is 18.4 Å². The molecule has 0 fully saturated rings. The molecule has 1 atom stereocenters. The smallest absolute Gasteiger partial charge is 0.251 e. The summed E-state index contributed by atoms with van der Waals surface area (Å²) in [7, 11) is 0. The third-order valence-electron chi connectivity index (χ3n) is 5.17. The van der Waals surface area contributed by atoms with E-state index in [0.29, 0.717) is 24.2 Å². The fourth-order valence-electron chi connectivity index (χ4n) is 3.74. The molecule has 2 heterocycles. The van der Waals surface area contributed by atoms with Crippen molar-refractivity contribution in [1.29, 1.82) is 0 Å². The first-order chi connectivity index (χ1) is 13.1. The van der Waals surface area contributed by atoms with Crippen LogP contribution in [0.2, 0.25) is 0 Å². The minimum atomic E-state index is -0.631. The summed E-state index contributed by atoms with van der Waals surface area (Å²) in [6.07, 6.45) is 0.707. The third kappa shape index (κ3) is 4.02. The summed E-state index contributed by atoms with van der Waals surface area (Å²) in [5.74, 6) is -0.303. The molecular formula is C21H23N3O3. The number of benzene rings is 2. The molecule has 27 heavy (non-hydrogen) atoms. The first kappa shape index (κ1) is 17.7. The maximum absolute atomic E-state index is 12.3. The molecule has 0 saturated heterocycles. The van der Waals surface area contributed by atoms with Crippen LogP contribution in [-0.4, -0.2) is 47.6 Å². The van der Waals surface area contributed by atoms with Crippen molar-refractivity contribution in [3.63, 3.8) is 0 Å². The van der Waals surface area contributed by atoms with Gasteiger partial charge in [-0.25, -0.2) is 0 Å². The normalized spacial score (nSPS) is 17.0. The van der Waals surface area contributed by atoms with Gasteiger partial charge in [-0.1, -0.05) is 30.3 Å². The van der Waals surface area contributed by atoms with E-state index < -0.39 is 6.10 Å². The molecule has 0 aromatic heterocycles. The van der Waals surface area contributed by atoms with Crippen LogP contribution < -0.4 is 10.6 Å². The van der Waals surface area contributed by atoms with Gasteiger partial charge in [0.2, 0.25) is 5.91 Å². The summed E-state index contributed by atoms with van der Waals surface area (Å²) in [5.41, 5.74) is 4.76. The van der Waals surface area contributed by atoms with Crippen molar-refractivity contribution in [2.45, 2.75) is 25.5 Å². The second-order valence-electron chi connectivity index (χ2n) is 7.21. The van der Waals surface area contributed by atoms with Crippen LogP contribution in [0.4, 0.5) is 5.69 Å². The molecule has 4 rings (SSSR count). The largest absolute Gasteiger partial charge is 0.390 e. The fourth-order valence-corrected chi connectivity index (χ4v) is 3.74. The van der Waals surface area contributed by atoms with Crippen molar-refractivity contribution in [2.75, 3.05) is 25.0 Å². The summed E-state index contributed by atoms with van der Waals surface area (Å²) in [5, 5.41) is 15.8. The molecule has 0 aliphatic carbocycles. The van der Waals surface area contributed by atoms with Gasteiger partial charge in [0.15, 0.2) is 0 Å². The lowest BCUT2D eigenvalue weighted by Gasteiger charge is -2.30. The van der Waals surface area contributed by atoms with E-state index in [1.54, 1.807) is 18.2 Å². The highest BCUT2D eigenvalue weighted by Gasteiger charge is 2.21. The van der Waals surface area contributed by atoms with Crippen LogP contribution in [-0.2, 0) is 24.2 Å². The number of hydrogen-bond acceptors (Lipinski definition) is 4. The molecule has 0 radical (unpaired) electrons. The first-order valence-corrected chi connectivity index (χ1v) is 9.26. The van der Waals surface area contributed by atoms with Crippen molar-refractivity contribution in [1.82, 2.24) is 10.2 Å². The minimum absolute atomic E-state index is 0.0546. The molecule has 2 aliphatic rings. The average Bonchev–Trinajstić information content (AvgIpc) is 3.05. The number of nitrogens with one attached hydrogen (secondary N) is 2. The van der Waals surface area contributed by atoms with E-state index in [9.17, 15) is 14.7 Å². The molecule has 2 aromatic carbocycles. The highest BCUT2D eigenvalue weighted by Crippen LogP contribution is 2.24. The van der Waals surface area contributed by atoms with E-state index in [1.807, 2.05) is 6.07 Å². The minimum Gasteiger partial charge on any atom is -0.390 e. The van der Waals surface area contributed by atoms with Gasteiger partial charge in [-0.15, -0.1) is 0 Å². The first-order valence-electron chi connectivity index (χ1n) is 9.26. The molecule has 2 amide bonds. The number of rotatable bonds is 5. The van der Waals surface area contributed by atoms with Gasteiger partial charge in [-0.3, -0.25) is 14.5 Å². The number of aliphatic hydroxyl groups excluding tert-OH is 1. The Morgan fingerprint density at radius 2 is 2.00 bits per heavy atom. The number of hydrogen-bond donors (Lipinski definition) is 3. The van der Waals surface area contributed by atoms with Crippen LogP contribution in [0.1, 0.15) is 27.0 Å². The topological polar surface area (TPSA) is 81.7 Å². The summed E-state index contributed by atoms with van der Waals surface area (Å²) in [4.78, 5) is 26.0. The van der Waals surface area contributed by atoms with Gasteiger partial charge in [0, 0.05) is 37.4 Å². The summed E-state index contributed by atoms with van der Waals surface area (Å²) in [6.45, 7) is 2.45. The van der Waals surface area contributed by atoms with E-state index in [2.05, 4.69) is 33.7 Å². The molecule has 140 valence electrons. The van der Waals surface area contributed by atoms with E-state index in [0.717, 1.165) is 25.1 Å². The van der Waals surface area contributed by atoms with Crippen LogP contribution in [0, 0.1) is 0 Å². The Balaban J connectivity index is 1.28. The van der Waals surface area contributed by atoms with Crippen molar-refractivity contribution in [3.05, 3.63) is 64.7 Å². The number of β-amino-alcohol motifs (C(OH)–C–C–N with tert-alkyl or cyclic N) is 1. The molecule has 6 heteroatoms. The zero-order valence-corrected chi connectivity index (χ0v) is 15.1. The van der Waals surface area contributed by atoms with Gasteiger partial charge in [0.05, 0.1) is 12.5 Å². The number of nitrogens with zero attached hydrogens (tertiary/aromatic N) is 1. The third-order valence-corrected chi connectivity index (χ3v) is 5.17. The lowest BCUT2D eigenvalue weighted by Crippen LogP contribution is -2.42. The average molecular weight is 365 g/mol. The van der Waals surface area contributed by atoms with Crippen LogP contribution in [0.5, 0.6) is 0 Å². The van der Waals surface area contributed by atoms with Crippen LogP contribution in [0.15, 0.2) is 42.5 Å². The van der Waals surface area contributed by atoms with Crippen molar-refractivity contribution in [3.8, 4) is 0 Å². The van der Waals surface area contributed by atoms with Gasteiger partial charge in [-0.05, 0) is 35.2 Å². The maximum Gasteiger partial charge on any atom is 0.251 e. The molecule has 6 nitrogen and oxygen atoms in total. The maximum atomic E-state index is 12.3. The van der Waals surface area contributed by atoms with E-state index in [4.69, 9.17) is 0 Å². The monoisotopic (exact) mass is 365 g/mol. The summed E-state index contributed by atoms with van der Waals surface area (Å²) >= 11 is 0.